The molecule has 2 N–H and O–H groups in total. The third-order valence-electron chi connectivity index (χ3n) is 1.72. The van der Waals surface area contributed by atoms with E-state index in [9.17, 15) is 0 Å². The Bertz CT molecular complexity index is 122. The second kappa shape index (κ2) is 4.32. The number of rotatable bonds is 3. The first-order chi connectivity index (χ1) is 4.93. The zero-order valence-electron chi connectivity index (χ0n) is 6.18. The van der Waals surface area contributed by atoms with Gasteiger partial charge in [0, 0.05) is 6.61 Å². The maximum absolute atomic E-state index is 5.40. The van der Waals surface area contributed by atoms with Gasteiger partial charge < -0.3 is 10.1 Å². The number of ether oxygens (including phenoxy) is 1. The van der Waals surface area contributed by atoms with Gasteiger partial charge in [0.1, 0.15) is 19.2 Å². The minimum atomic E-state index is 0.466. The molecule has 0 saturated carbocycles. The normalized spacial score (nSPS) is 24.5. The van der Waals surface area contributed by atoms with Crippen LogP contribution in [0, 0.1) is 12.3 Å². The molecule has 1 aliphatic heterocycles. The molecule has 0 aromatic rings. The summed E-state index contributed by atoms with van der Waals surface area (Å²) >= 11 is 0. The highest BCUT2D eigenvalue weighted by molar-refractivity contribution is 4.81. The molecule has 1 rings (SSSR count). The molecule has 0 aliphatic carbocycles. The second-order valence-corrected chi connectivity index (χ2v) is 2.57. The summed E-state index contributed by atoms with van der Waals surface area (Å²) in [5.74, 6) is 2.58. The van der Waals surface area contributed by atoms with Gasteiger partial charge in [-0.05, 0) is 18.8 Å². The summed E-state index contributed by atoms with van der Waals surface area (Å²) in [6.07, 6.45) is 7.98. The van der Waals surface area contributed by atoms with Crippen molar-refractivity contribution in [2.24, 2.45) is 0 Å². The Balaban J connectivity index is 1.97. The Labute approximate surface area is 62.0 Å². The second-order valence-electron chi connectivity index (χ2n) is 2.57. The third-order valence-corrected chi connectivity index (χ3v) is 1.72. The Hall–Kier alpha value is -0.520. The number of nitrogens with two attached hydrogens (primary N) is 1. The van der Waals surface area contributed by atoms with Crippen LogP contribution in [0.5, 0.6) is 0 Å². The minimum absolute atomic E-state index is 0.466. The molecule has 0 radical (unpaired) electrons. The summed E-state index contributed by atoms with van der Waals surface area (Å²) in [5, 5.41) is 2.12. The molecule has 1 atom stereocenters. The summed E-state index contributed by atoms with van der Waals surface area (Å²) < 4.78 is 5.40. The van der Waals surface area contributed by atoms with E-state index in [0.717, 1.165) is 19.7 Å². The van der Waals surface area contributed by atoms with Crippen molar-refractivity contribution in [2.75, 3.05) is 19.7 Å². The maximum atomic E-state index is 5.40. The van der Waals surface area contributed by atoms with E-state index < -0.39 is 0 Å². The van der Waals surface area contributed by atoms with Crippen LogP contribution in [0.25, 0.3) is 0 Å². The molecule has 2 heteroatoms. The zero-order chi connectivity index (χ0) is 7.23. The molecule has 0 spiro atoms. The van der Waals surface area contributed by atoms with Crippen molar-refractivity contribution in [2.45, 2.75) is 18.9 Å². The van der Waals surface area contributed by atoms with E-state index in [1.165, 1.54) is 12.8 Å². The fraction of sp³-hybridized carbons (Fsp3) is 0.750. The van der Waals surface area contributed by atoms with Crippen molar-refractivity contribution < 1.29 is 10.1 Å². The number of hydrogen-bond donors (Lipinski definition) is 1. The smallest absolute Gasteiger partial charge is 0.137 e. The number of hydrogen-bond acceptors (Lipinski definition) is 1. The number of quaternary nitrogens is 1. The van der Waals surface area contributed by atoms with Crippen molar-refractivity contribution in [3.8, 4) is 12.3 Å². The summed E-state index contributed by atoms with van der Waals surface area (Å²) in [6, 6.07) is 0. The molecule has 56 valence electrons. The van der Waals surface area contributed by atoms with Crippen LogP contribution in [0.4, 0.5) is 0 Å². The highest BCUT2D eigenvalue weighted by atomic mass is 16.5. The first kappa shape index (κ1) is 7.59. The van der Waals surface area contributed by atoms with Gasteiger partial charge in [0.15, 0.2) is 0 Å². The average molecular weight is 140 g/mol. The molecule has 0 aromatic heterocycles. The Morgan fingerprint density at radius 2 is 2.60 bits per heavy atom. The van der Waals surface area contributed by atoms with Crippen LogP contribution in [-0.4, -0.2) is 25.8 Å². The monoisotopic (exact) mass is 140 g/mol. The van der Waals surface area contributed by atoms with E-state index in [4.69, 9.17) is 11.2 Å². The Morgan fingerprint density at radius 3 is 3.20 bits per heavy atom. The summed E-state index contributed by atoms with van der Waals surface area (Å²) in [4.78, 5) is 0. The third kappa shape index (κ3) is 2.38. The summed E-state index contributed by atoms with van der Waals surface area (Å²) in [5.41, 5.74) is 0. The van der Waals surface area contributed by atoms with Gasteiger partial charge in [-0.3, -0.25) is 0 Å². The van der Waals surface area contributed by atoms with Gasteiger partial charge >= 0.3 is 0 Å². The largest absolute Gasteiger partial charge is 0.372 e. The van der Waals surface area contributed by atoms with Gasteiger partial charge in [-0.2, -0.15) is 0 Å². The Kier molecular flexibility index (Phi) is 3.28. The minimum Gasteiger partial charge on any atom is -0.372 e. The molecule has 1 saturated heterocycles. The molecule has 0 aromatic carbocycles. The molecule has 0 amide bonds. The van der Waals surface area contributed by atoms with Crippen LogP contribution in [0.1, 0.15) is 12.8 Å². The van der Waals surface area contributed by atoms with Crippen molar-refractivity contribution in [3.63, 3.8) is 0 Å². The summed E-state index contributed by atoms with van der Waals surface area (Å²) in [6.45, 7) is 2.75. The van der Waals surface area contributed by atoms with Crippen LogP contribution in [0.3, 0.4) is 0 Å². The molecular formula is C8H14NO+. The highest BCUT2D eigenvalue weighted by Gasteiger charge is 2.15. The van der Waals surface area contributed by atoms with Crippen LogP contribution in [-0.2, 0) is 4.74 Å². The van der Waals surface area contributed by atoms with E-state index in [1.54, 1.807) is 0 Å². The molecule has 0 bridgehead atoms. The van der Waals surface area contributed by atoms with Gasteiger partial charge in [-0.15, -0.1) is 6.42 Å². The molecule has 2 nitrogen and oxygen atoms in total. The summed E-state index contributed by atoms with van der Waals surface area (Å²) in [7, 11) is 0. The van der Waals surface area contributed by atoms with E-state index in [2.05, 4.69) is 11.2 Å². The predicted molar refractivity (Wildman–Crippen MR) is 39.5 cm³/mol. The van der Waals surface area contributed by atoms with Gasteiger partial charge in [0.2, 0.25) is 0 Å². The van der Waals surface area contributed by atoms with E-state index in [0.29, 0.717) is 6.10 Å². The molecule has 10 heavy (non-hydrogen) atoms. The predicted octanol–water partition coefficient (Wildman–Crippen LogP) is -0.638. The molecule has 1 aliphatic rings. The quantitative estimate of drug-likeness (QED) is 0.409. The van der Waals surface area contributed by atoms with Crippen molar-refractivity contribution in [1.82, 2.24) is 0 Å². The van der Waals surface area contributed by atoms with Crippen molar-refractivity contribution in [1.29, 1.82) is 0 Å². The first-order valence-electron chi connectivity index (χ1n) is 3.80. The lowest BCUT2D eigenvalue weighted by atomic mass is 10.2. The lowest BCUT2D eigenvalue weighted by molar-refractivity contribution is -0.650. The van der Waals surface area contributed by atoms with Gasteiger partial charge in [-0.1, -0.05) is 0 Å². The topological polar surface area (TPSA) is 25.8 Å². The van der Waals surface area contributed by atoms with Gasteiger partial charge in [0.05, 0.1) is 0 Å². The van der Waals surface area contributed by atoms with Gasteiger partial charge in [0.25, 0.3) is 0 Å². The lowest BCUT2D eigenvalue weighted by Gasteiger charge is -2.04. The van der Waals surface area contributed by atoms with Crippen LogP contribution in [0.2, 0.25) is 0 Å². The van der Waals surface area contributed by atoms with Crippen molar-refractivity contribution >= 4 is 0 Å². The van der Waals surface area contributed by atoms with Crippen LogP contribution < -0.4 is 5.32 Å². The average Bonchev–Trinajstić information content (AvgIpc) is 2.41. The van der Waals surface area contributed by atoms with Crippen LogP contribution >= 0.6 is 0 Å². The fourth-order valence-corrected chi connectivity index (χ4v) is 1.18. The molecule has 0 unspecified atom stereocenters. The van der Waals surface area contributed by atoms with E-state index >= 15 is 0 Å². The highest BCUT2D eigenvalue weighted by Crippen LogP contribution is 2.08. The van der Waals surface area contributed by atoms with Crippen LogP contribution in [0.15, 0.2) is 0 Å². The maximum Gasteiger partial charge on any atom is 0.137 e. The lowest BCUT2D eigenvalue weighted by Crippen LogP contribution is -2.86. The SMILES string of the molecule is C#CC[NH2+]C[C@H]1CCCO1. The molecule has 1 fully saturated rings. The first-order valence-corrected chi connectivity index (χ1v) is 3.80. The molecular weight excluding hydrogens is 126 g/mol. The van der Waals surface area contributed by atoms with Crippen molar-refractivity contribution in [3.05, 3.63) is 0 Å². The number of terminal acetylenes is 1. The van der Waals surface area contributed by atoms with Gasteiger partial charge in [-0.25, -0.2) is 0 Å². The fourth-order valence-electron chi connectivity index (χ4n) is 1.18. The zero-order valence-corrected chi connectivity index (χ0v) is 6.18. The Morgan fingerprint density at radius 1 is 1.70 bits per heavy atom. The standard InChI is InChI=1S/C8H13NO/c1-2-5-9-7-8-4-3-6-10-8/h1,8-9H,3-7H2/p+1/t8-/m1/s1. The van der Waals surface area contributed by atoms with E-state index in [-0.39, 0.29) is 0 Å². The van der Waals surface area contributed by atoms with E-state index in [1.807, 2.05) is 0 Å². The molecule has 1 heterocycles.